The van der Waals surface area contributed by atoms with Gasteiger partial charge in [0.25, 0.3) is 0 Å². The Bertz CT molecular complexity index is 218. The Morgan fingerprint density at radius 1 is 1.44 bits per heavy atom. The second-order valence-corrected chi connectivity index (χ2v) is 6.22. The lowest BCUT2D eigenvalue weighted by Crippen LogP contribution is -2.42. The Morgan fingerprint density at radius 3 is 2.50 bits per heavy atom. The van der Waals surface area contributed by atoms with Crippen molar-refractivity contribution < 1.29 is 4.79 Å². The molecular weight excluding hydrogens is 244 g/mol. The molecule has 16 heavy (non-hydrogen) atoms. The zero-order valence-corrected chi connectivity index (χ0v) is 12.0. The van der Waals surface area contributed by atoms with Crippen LogP contribution in [0.1, 0.15) is 26.7 Å². The molecule has 0 atom stereocenters. The van der Waals surface area contributed by atoms with Crippen LogP contribution in [0.3, 0.4) is 0 Å². The topological polar surface area (TPSA) is 41.1 Å². The van der Waals surface area contributed by atoms with Crippen LogP contribution in [0.4, 0.5) is 0 Å². The van der Waals surface area contributed by atoms with E-state index in [0.717, 1.165) is 32.5 Å². The van der Waals surface area contributed by atoms with E-state index in [2.05, 4.69) is 30.7 Å². The highest BCUT2D eigenvalue weighted by Crippen LogP contribution is 2.20. The van der Waals surface area contributed by atoms with Crippen molar-refractivity contribution in [2.24, 2.45) is 5.92 Å². The van der Waals surface area contributed by atoms with Crippen LogP contribution in [0.2, 0.25) is 0 Å². The first kappa shape index (κ1) is 16.1. The number of carbonyl (C=O) groups excluding carboxylic acids is 1. The quantitative estimate of drug-likeness (QED) is 0.813. The van der Waals surface area contributed by atoms with E-state index >= 15 is 0 Å². The smallest absolute Gasteiger partial charge is 0.223 e. The van der Waals surface area contributed by atoms with E-state index in [4.69, 9.17) is 0 Å². The molecule has 1 saturated heterocycles. The molecule has 0 spiro atoms. The van der Waals surface area contributed by atoms with Crippen molar-refractivity contribution in [1.29, 1.82) is 0 Å². The second-order valence-electron chi connectivity index (χ2n) is 4.71. The second kappa shape index (κ2) is 7.41. The van der Waals surface area contributed by atoms with Crippen LogP contribution in [0.25, 0.3) is 0 Å². The molecule has 1 heterocycles. The molecule has 96 valence electrons. The van der Waals surface area contributed by atoms with Crippen LogP contribution in [0, 0.1) is 5.92 Å². The number of thioether (sulfide) groups is 1. The average Bonchev–Trinajstić information content (AvgIpc) is 2.27. The Labute approximate surface area is 109 Å². The first-order valence-corrected chi connectivity index (χ1v) is 6.81. The first-order chi connectivity index (χ1) is 7.05. The van der Waals surface area contributed by atoms with Crippen molar-refractivity contribution >= 4 is 30.1 Å². The van der Waals surface area contributed by atoms with Gasteiger partial charge in [-0.2, -0.15) is 11.8 Å². The van der Waals surface area contributed by atoms with Gasteiger partial charge in [0.05, 0.1) is 0 Å². The van der Waals surface area contributed by atoms with E-state index in [1.54, 1.807) is 11.8 Å². The summed E-state index contributed by atoms with van der Waals surface area (Å²) in [7, 11) is 0. The summed E-state index contributed by atoms with van der Waals surface area (Å²) >= 11 is 1.79. The molecule has 1 rings (SSSR count). The van der Waals surface area contributed by atoms with Gasteiger partial charge in [-0.05, 0) is 46.0 Å². The zero-order chi connectivity index (χ0) is 11.3. The first-order valence-electron chi connectivity index (χ1n) is 5.59. The largest absolute Gasteiger partial charge is 0.354 e. The fourth-order valence-electron chi connectivity index (χ4n) is 1.60. The van der Waals surface area contributed by atoms with Crippen molar-refractivity contribution in [3.05, 3.63) is 0 Å². The maximum atomic E-state index is 11.8. The summed E-state index contributed by atoms with van der Waals surface area (Å²) in [4.78, 5) is 11.8. The molecule has 2 N–H and O–H groups in total. The Kier molecular flexibility index (Phi) is 7.44. The number of carbonyl (C=O) groups is 1. The summed E-state index contributed by atoms with van der Waals surface area (Å²) in [6.07, 6.45) is 4.04. The van der Waals surface area contributed by atoms with Gasteiger partial charge in [0.2, 0.25) is 5.91 Å². The number of hydrogen-bond acceptors (Lipinski definition) is 3. The molecule has 0 unspecified atom stereocenters. The highest BCUT2D eigenvalue weighted by molar-refractivity contribution is 7.99. The molecule has 0 bridgehead atoms. The standard InChI is InChI=1S/C11H22N2OS.ClH/c1-11(2,15-3)8-13-10(14)9-4-6-12-7-5-9;/h9,12H,4-8H2,1-3H3,(H,13,14);1H. The number of piperidine rings is 1. The minimum Gasteiger partial charge on any atom is -0.354 e. The van der Waals surface area contributed by atoms with Crippen molar-refractivity contribution in [3.63, 3.8) is 0 Å². The van der Waals surface area contributed by atoms with Gasteiger partial charge >= 0.3 is 0 Å². The highest BCUT2D eigenvalue weighted by atomic mass is 35.5. The molecule has 1 aliphatic heterocycles. The summed E-state index contributed by atoms with van der Waals surface area (Å²) < 4.78 is 0.141. The highest BCUT2D eigenvalue weighted by Gasteiger charge is 2.23. The van der Waals surface area contributed by atoms with Gasteiger partial charge in [0.1, 0.15) is 0 Å². The van der Waals surface area contributed by atoms with Gasteiger partial charge in [-0.15, -0.1) is 12.4 Å². The molecular formula is C11H23ClN2OS. The molecule has 3 nitrogen and oxygen atoms in total. The molecule has 1 fully saturated rings. The maximum absolute atomic E-state index is 11.8. The fraction of sp³-hybridized carbons (Fsp3) is 0.909. The van der Waals surface area contributed by atoms with E-state index in [-0.39, 0.29) is 29.0 Å². The third-order valence-electron chi connectivity index (χ3n) is 2.95. The van der Waals surface area contributed by atoms with Gasteiger partial charge in [0.15, 0.2) is 0 Å². The van der Waals surface area contributed by atoms with Crippen molar-refractivity contribution in [1.82, 2.24) is 10.6 Å². The van der Waals surface area contributed by atoms with E-state index in [9.17, 15) is 4.79 Å². The van der Waals surface area contributed by atoms with Gasteiger partial charge in [-0.3, -0.25) is 4.79 Å². The Balaban J connectivity index is 0.00000225. The molecule has 1 amide bonds. The lowest BCUT2D eigenvalue weighted by Gasteiger charge is -2.26. The van der Waals surface area contributed by atoms with E-state index in [0.29, 0.717) is 0 Å². The van der Waals surface area contributed by atoms with Gasteiger partial charge in [-0.25, -0.2) is 0 Å². The van der Waals surface area contributed by atoms with Crippen LogP contribution in [0.5, 0.6) is 0 Å². The molecule has 1 aliphatic rings. The summed E-state index contributed by atoms with van der Waals surface area (Å²) in [5.41, 5.74) is 0. The molecule has 5 heteroatoms. The lowest BCUT2D eigenvalue weighted by atomic mass is 9.97. The number of amides is 1. The monoisotopic (exact) mass is 266 g/mol. The molecule has 0 aromatic carbocycles. The van der Waals surface area contributed by atoms with E-state index in [1.165, 1.54) is 0 Å². The Hall–Kier alpha value is 0.0700. The number of hydrogen-bond donors (Lipinski definition) is 2. The van der Waals surface area contributed by atoms with Crippen LogP contribution < -0.4 is 10.6 Å². The molecule has 0 aliphatic carbocycles. The number of rotatable bonds is 4. The van der Waals surface area contributed by atoms with E-state index in [1.807, 2.05) is 0 Å². The van der Waals surface area contributed by atoms with Gasteiger partial charge in [-0.1, -0.05) is 0 Å². The third kappa shape index (κ3) is 5.41. The fourth-order valence-corrected chi connectivity index (χ4v) is 1.82. The summed E-state index contributed by atoms with van der Waals surface area (Å²) in [5, 5.41) is 6.33. The van der Waals surface area contributed by atoms with Crippen LogP contribution >= 0.6 is 24.2 Å². The number of halogens is 1. The molecule has 0 aromatic rings. The Morgan fingerprint density at radius 2 is 2.00 bits per heavy atom. The van der Waals surface area contributed by atoms with E-state index < -0.39 is 0 Å². The minimum atomic E-state index is 0. The predicted molar refractivity (Wildman–Crippen MR) is 73.4 cm³/mol. The number of nitrogens with one attached hydrogen (secondary N) is 2. The zero-order valence-electron chi connectivity index (χ0n) is 10.3. The van der Waals surface area contributed by atoms with Gasteiger partial charge in [0, 0.05) is 17.2 Å². The third-order valence-corrected chi connectivity index (χ3v) is 4.20. The average molecular weight is 267 g/mol. The van der Waals surface area contributed by atoms with Crippen molar-refractivity contribution in [2.75, 3.05) is 25.9 Å². The maximum Gasteiger partial charge on any atom is 0.223 e. The van der Waals surface area contributed by atoms with Crippen molar-refractivity contribution in [3.8, 4) is 0 Å². The molecule has 0 radical (unpaired) electrons. The summed E-state index contributed by atoms with van der Waals surface area (Å²) in [5.74, 6) is 0.461. The molecule has 0 saturated carbocycles. The predicted octanol–water partition coefficient (Wildman–Crippen LogP) is 1.67. The lowest BCUT2D eigenvalue weighted by molar-refractivity contribution is -0.125. The molecule has 0 aromatic heterocycles. The van der Waals surface area contributed by atoms with Crippen LogP contribution in [-0.2, 0) is 4.79 Å². The van der Waals surface area contributed by atoms with Crippen LogP contribution in [0.15, 0.2) is 0 Å². The normalized spacial score (nSPS) is 17.7. The van der Waals surface area contributed by atoms with Crippen LogP contribution in [-0.4, -0.2) is 36.5 Å². The SMILES string of the molecule is CSC(C)(C)CNC(=O)C1CCNCC1.Cl. The minimum absolute atomic E-state index is 0. The summed E-state index contributed by atoms with van der Waals surface area (Å²) in [6, 6.07) is 0. The van der Waals surface area contributed by atoms with Crippen molar-refractivity contribution in [2.45, 2.75) is 31.4 Å². The van der Waals surface area contributed by atoms with Gasteiger partial charge < -0.3 is 10.6 Å². The summed E-state index contributed by atoms with van der Waals surface area (Å²) in [6.45, 7) is 7.02.